The summed E-state index contributed by atoms with van der Waals surface area (Å²) in [6, 6.07) is 8.27. The molecule has 3 heteroatoms. The molecule has 0 saturated heterocycles. The molecule has 82 valence electrons. The van der Waals surface area contributed by atoms with Gasteiger partial charge in [0.15, 0.2) is 0 Å². The minimum Gasteiger partial charge on any atom is -0.495 e. The molecule has 0 aliphatic rings. The predicted octanol–water partition coefficient (Wildman–Crippen LogP) is 3.20. The van der Waals surface area contributed by atoms with Crippen molar-refractivity contribution in [2.45, 2.75) is 6.92 Å². The van der Waals surface area contributed by atoms with E-state index < -0.39 is 0 Å². The van der Waals surface area contributed by atoms with Crippen molar-refractivity contribution < 1.29 is 9.13 Å². The molecule has 0 aliphatic carbocycles. The van der Waals surface area contributed by atoms with Crippen molar-refractivity contribution in [3.8, 4) is 16.9 Å². The summed E-state index contributed by atoms with van der Waals surface area (Å²) in [6.45, 7) is 1.87. The summed E-state index contributed by atoms with van der Waals surface area (Å²) < 4.78 is 18.2. The van der Waals surface area contributed by atoms with E-state index in [1.54, 1.807) is 19.4 Å². The van der Waals surface area contributed by atoms with Crippen LogP contribution in [0, 0.1) is 12.7 Å². The summed E-state index contributed by atoms with van der Waals surface area (Å²) in [5.74, 6) is 0.457. The maximum atomic E-state index is 13.1. The summed E-state index contributed by atoms with van der Waals surface area (Å²) in [5.41, 5.74) is 2.47. The van der Waals surface area contributed by atoms with E-state index in [1.165, 1.54) is 12.1 Å². The minimum atomic E-state index is -0.253. The fourth-order valence-corrected chi connectivity index (χ4v) is 1.55. The molecule has 1 heterocycles. The first-order valence-corrected chi connectivity index (χ1v) is 4.97. The number of halogens is 1. The number of benzene rings is 1. The molecule has 2 rings (SSSR count). The third kappa shape index (κ3) is 2.03. The van der Waals surface area contributed by atoms with Gasteiger partial charge in [-0.2, -0.15) is 0 Å². The zero-order chi connectivity index (χ0) is 11.5. The highest BCUT2D eigenvalue weighted by Gasteiger charge is 2.04. The van der Waals surface area contributed by atoms with E-state index in [0.29, 0.717) is 5.75 Å². The Kier molecular flexibility index (Phi) is 2.86. The number of hydrogen-bond acceptors (Lipinski definition) is 2. The first-order valence-electron chi connectivity index (χ1n) is 4.97. The standard InChI is InChI=1S/C13H12FNO/c1-9-13(16-2)7-11(8-15-9)10-4-3-5-12(14)6-10/h3-8H,1-2H3. The lowest BCUT2D eigenvalue weighted by molar-refractivity contribution is 0.409. The van der Waals surface area contributed by atoms with Crippen LogP contribution in [0.5, 0.6) is 5.75 Å². The quantitative estimate of drug-likeness (QED) is 0.770. The summed E-state index contributed by atoms with van der Waals surface area (Å²) in [4.78, 5) is 4.21. The second-order valence-electron chi connectivity index (χ2n) is 3.52. The fraction of sp³-hybridized carbons (Fsp3) is 0.154. The number of aryl methyl sites for hydroxylation is 1. The van der Waals surface area contributed by atoms with Crippen LogP contribution in [0.2, 0.25) is 0 Å². The molecule has 0 atom stereocenters. The van der Waals surface area contributed by atoms with Gasteiger partial charge in [-0.3, -0.25) is 4.98 Å². The van der Waals surface area contributed by atoms with Crippen LogP contribution in [-0.2, 0) is 0 Å². The van der Waals surface area contributed by atoms with E-state index in [-0.39, 0.29) is 5.82 Å². The molecular formula is C13H12FNO. The van der Waals surface area contributed by atoms with Gasteiger partial charge in [-0.1, -0.05) is 12.1 Å². The number of ether oxygens (including phenoxy) is 1. The summed E-state index contributed by atoms with van der Waals surface area (Å²) in [7, 11) is 1.60. The normalized spacial score (nSPS) is 10.2. The van der Waals surface area contributed by atoms with E-state index in [1.807, 2.05) is 19.1 Å². The highest BCUT2D eigenvalue weighted by atomic mass is 19.1. The van der Waals surface area contributed by atoms with Gasteiger partial charge in [0.1, 0.15) is 11.6 Å². The van der Waals surface area contributed by atoms with Gasteiger partial charge in [0, 0.05) is 11.8 Å². The van der Waals surface area contributed by atoms with Gasteiger partial charge in [-0.15, -0.1) is 0 Å². The topological polar surface area (TPSA) is 22.1 Å². The molecule has 1 aromatic carbocycles. The monoisotopic (exact) mass is 217 g/mol. The summed E-state index contributed by atoms with van der Waals surface area (Å²) >= 11 is 0. The molecule has 1 aromatic heterocycles. The molecule has 0 N–H and O–H groups in total. The molecule has 0 spiro atoms. The minimum absolute atomic E-state index is 0.253. The fourth-order valence-electron chi connectivity index (χ4n) is 1.55. The molecule has 0 unspecified atom stereocenters. The van der Waals surface area contributed by atoms with E-state index in [4.69, 9.17) is 4.74 Å². The van der Waals surface area contributed by atoms with Crippen LogP contribution in [0.15, 0.2) is 36.5 Å². The van der Waals surface area contributed by atoms with Crippen molar-refractivity contribution in [1.82, 2.24) is 4.98 Å². The van der Waals surface area contributed by atoms with Gasteiger partial charge in [0.2, 0.25) is 0 Å². The highest BCUT2D eigenvalue weighted by Crippen LogP contribution is 2.25. The predicted molar refractivity (Wildman–Crippen MR) is 60.9 cm³/mol. The Morgan fingerprint density at radius 2 is 2.00 bits per heavy atom. The molecule has 0 bridgehead atoms. The Morgan fingerprint density at radius 1 is 1.19 bits per heavy atom. The van der Waals surface area contributed by atoms with Crippen LogP contribution >= 0.6 is 0 Å². The maximum absolute atomic E-state index is 13.1. The van der Waals surface area contributed by atoms with Gasteiger partial charge in [0.25, 0.3) is 0 Å². The van der Waals surface area contributed by atoms with Gasteiger partial charge in [-0.05, 0) is 30.7 Å². The number of hydrogen-bond donors (Lipinski definition) is 0. The van der Waals surface area contributed by atoms with Crippen LogP contribution < -0.4 is 4.74 Å². The molecule has 2 nitrogen and oxygen atoms in total. The van der Waals surface area contributed by atoms with Crippen LogP contribution in [0.4, 0.5) is 4.39 Å². The first-order chi connectivity index (χ1) is 7.70. The molecular weight excluding hydrogens is 205 g/mol. The van der Waals surface area contributed by atoms with Gasteiger partial charge >= 0.3 is 0 Å². The lowest BCUT2D eigenvalue weighted by Crippen LogP contribution is -1.91. The third-order valence-electron chi connectivity index (χ3n) is 2.42. The van der Waals surface area contributed by atoms with Crippen LogP contribution in [0.25, 0.3) is 11.1 Å². The molecule has 16 heavy (non-hydrogen) atoms. The summed E-state index contributed by atoms with van der Waals surface area (Å²) in [6.07, 6.45) is 1.71. The summed E-state index contributed by atoms with van der Waals surface area (Å²) in [5, 5.41) is 0. The lowest BCUT2D eigenvalue weighted by Gasteiger charge is -2.07. The molecule has 0 fully saturated rings. The number of rotatable bonds is 2. The van der Waals surface area contributed by atoms with Gasteiger partial charge in [0.05, 0.1) is 12.8 Å². The average Bonchev–Trinajstić information content (AvgIpc) is 2.29. The second kappa shape index (κ2) is 4.31. The Hall–Kier alpha value is -1.90. The highest BCUT2D eigenvalue weighted by molar-refractivity contribution is 5.64. The van der Waals surface area contributed by atoms with Crippen molar-refractivity contribution in [3.05, 3.63) is 48.0 Å². The van der Waals surface area contributed by atoms with E-state index in [9.17, 15) is 4.39 Å². The van der Waals surface area contributed by atoms with E-state index in [2.05, 4.69) is 4.98 Å². The molecule has 0 amide bonds. The Morgan fingerprint density at radius 3 is 2.69 bits per heavy atom. The zero-order valence-corrected chi connectivity index (χ0v) is 9.20. The Balaban J connectivity index is 2.48. The lowest BCUT2D eigenvalue weighted by atomic mass is 10.1. The number of aromatic nitrogens is 1. The van der Waals surface area contributed by atoms with Crippen molar-refractivity contribution in [2.75, 3.05) is 7.11 Å². The van der Waals surface area contributed by atoms with Crippen molar-refractivity contribution in [2.24, 2.45) is 0 Å². The largest absolute Gasteiger partial charge is 0.495 e. The van der Waals surface area contributed by atoms with Crippen molar-refractivity contribution in [1.29, 1.82) is 0 Å². The number of methoxy groups -OCH3 is 1. The van der Waals surface area contributed by atoms with Crippen molar-refractivity contribution >= 4 is 0 Å². The Bertz CT molecular complexity index is 511. The van der Waals surface area contributed by atoms with Gasteiger partial charge in [-0.25, -0.2) is 4.39 Å². The SMILES string of the molecule is COc1cc(-c2cccc(F)c2)cnc1C. The van der Waals surface area contributed by atoms with Crippen molar-refractivity contribution in [3.63, 3.8) is 0 Å². The van der Waals surface area contributed by atoms with E-state index in [0.717, 1.165) is 16.8 Å². The van der Waals surface area contributed by atoms with Crippen LogP contribution in [0.1, 0.15) is 5.69 Å². The van der Waals surface area contributed by atoms with Crippen LogP contribution in [-0.4, -0.2) is 12.1 Å². The van der Waals surface area contributed by atoms with Crippen LogP contribution in [0.3, 0.4) is 0 Å². The molecule has 0 radical (unpaired) electrons. The van der Waals surface area contributed by atoms with E-state index >= 15 is 0 Å². The second-order valence-corrected chi connectivity index (χ2v) is 3.52. The zero-order valence-electron chi connectivity index (χ0n) is 9.20. The van der Waals surface area contributed by atoms with Gasteiger partial charge < -0.3 is 4.74 Å². The Labute approximate surface area is 93.7 Å². The number of nitrogens with zero attached hydrogens (tertiary/aromatic N) is 1. The number of pyridine rings is 1. The average molecular weight is 217 g/mol. The molecule has 0 saturated carbocycles. The molecule has 2 aromatic rings. The first kappa shape index (κ1) is 10.6. The maximum Gasteiger partial charge on any atom is 0.140 e. The molecule has 0 aliphatic heterocycles. The third-order valence-corrected chi connectivity index (χ3v) is 2.42. The smallest absolute Gasteiger partial charge is 0.140 e.